The molecule has 3 N–H and O–H groups in total. The zero-order chi connectivity index (χ0) is 15.6. The second-order valence-corrected chi connectivity index (χ2v) is 6.71. The second kappa shape index (κ2) is 6.92. The molecule has 112 valence electrons. The van der Waals surface area contributed by atoms with Gasteiger partial charge in [0.05, 0.1) is 13.2 Å². The SMILES string of the molecule is COc1cc(C)c(C(NN)c2cc(Br)ccc2Br)cc1C. The minimum atomic E-state index is -0.0959. The van der Waals surface area contributed by atoms with Crippen LogP contribution in [0.1, 0.15) is 28.3 Å². The van der Waals surface area contributed by atoms with Crippen molar-refractivity contribution in [1.29, 1.82) is 0 Å². The van der Waals surface area contributed by atoms with Gasteiger partial charge >= 0.3 is 0 Å². The van der Waals surface area contributed by atoms with Crippen LogP contribution in [-0.4, -0.2) is 7.11 Å². The van der Waals surface area contributed by atoms with E-state index in [-0.39, 0.29) is 6.04 Å². The second-order valence-electron chi connectivity index (χ2n) is 4.94. The molecule has 0 aliphatic rings. The molecular formula is C16H18Br2N2O. The fraction of sp³-hybridized carbons (Fsp3) is 0.250. The number of benzene rings is 2. The van der Waals surface area contributed by atoms with Gasteiger partial charge in [-0.3, -0.25) is 5.84 Å². The minimum Gasteiger partial charge on any atom is -0.496 e. The molecule has 0 saturated carbocycles. The third kappa shape index (κ3) is 3.48. The van der Waals surface area contributed by atoms with Crippen LogP contribution >= 0.6 is 31.9 Å². The van der Waals surface area contributed by atoms with Gasteiger partial charge in [0, 0.05) is 8.95 Å². The lowest BCUT2D eigenvalue weighted by atomic mass is 9.93. The highest BCUT2D eigenvalue weighted by Crippen LogP contribution is 2.34. The van der Waals surface area contributed by atoms with Crippen LogP contribution < -0.4 is 16.0 Å². The molecule has 0 amide bonds. The van der Waals surface area contributed by atoms with E-state index >= 15 is 0 Å². The molecule has 1 atom stereocenters. The van der Waals surface area contributed by atoms with Crippen LogP contribution in [0.25, 0.3) is 0 Å². The Balaban J connectivity index is 2.56. The van der Waals surface area contributed by atoms with E-state index in [9.17, 15) is 0 Å². The lowest BCUT2D eigenvalue weighted by Gasteiger charge is -2.22. The van der Waals surface area contributed by atoms with Crippen molar-refractivity contribution in [2.24, 2.45) is 5.84 Å². The Kier molecular flexibility index (Phi) is 5.43. The zero-order valence-corrected chi connectivity index (χ0v) is 15.4. The first-order chi connectivity index (χ1) is 9.97. The molecule has 2 aromatic rings. The number of hydrazine groups is 1. The van der Waals surface area contributed by atoms with E-state index in [0.717, 1.165) is 36.9 Å². The lowest BCUT2D eigenvalue weighted by Crippen LogP contribution is -2.29. The van der Waals surface area contributed by atoms with Gasteiger partial charge in [-0.1, -0.05) is 37.9 Å². The van der Waals surface area contributed by atoms with Gasteiger partial charge in [-0.05, 0) is 60.4 Å². The van der Waals surface area contributed by atoms with Crippen LogP contribution in [0.3, 0.4) is 0 Å². The first-order valence-corrected chi connectivity index (χ1v) is 8.12. The number of hydrogen-bond acceptors (Lipinski definition) is 3. The van der Waals surface area contributed by atoms with Gasteiger partial charge in [-0.2, -0.15) is 0 Å². The Labute approximate surface area is 142 Å². The molecular weight excluding hydrogens is 396 g/mol. The Morgan fingerprint density at radius 3 is 2.38 bits per heavy atom. The number of ether oxygens (including phenoxy) is 1. The summed E-state index contributed by atoms with van der Waals surface area (Å²) in [6, 6.07) is 10.1. The molecule has 2 aromatic carbocycles. The Morgan fingerprint density at radius 1 is 1.05 bits per heavy atom. The molecule has 2 rings (SSSR count). The summed E-state index contributed by atoms with van der Waals surface area (Å²) in [6.07, 6.45) is 0. The van der Waals surface area contributed by atoms with Crippen LogP contribution in [0.5, 0.6) is 5.75 Å². The Bertz CT molecular complexity index is 659. The van der Waals surface area contributed by atoms with E-state index in [1.807, 2.05) is 25.1 Å². The largest absolute Gasteiger partial charge is 0.496 e. The summed E-state index contributed by atoms with van der Waals surface area (Å²) in [5, 5.41) is 0. The average Bonchev–Trinajstić information content (AvgIpc) is 2.46. The standard InChI is InChI=1S/C16H18Br2N2O/c1-9-7-15(21-3)10(2)6-12(9)16(20-19)13-8-11(17)4-5-14(13)18/h4-8,16,20H,19H2,1-3H3. The molecule has 0 radical (unpaired) electrons. The quantitative estimate of drug-likeness (QED) is 0.577. The molecule has 0 aliphatic carbocycles. The third-order valence-corrected chi connectivity index (χ3v) is 4.75. The van der Waals surface area contributed by atoms with Crippen molar-refractivity contribution in [2.75, 3.05) is 7.11 Å². The Hall–Kier alpha value is -0.880. The first-order valence-electron chi connectivity index (χ1n) is 6.54. The molecule has 0 fully saturated rings. The van der Waals surface area contributed by atoms with Crippen molar-refractivity contribution < 1.29 is 4.74 Å². The van der Waals surface area contributed by atoms with Crippen LogP contribution in [0, 0.1) is 13.8 Å². The normalized spacial score (nSPS) is 12.3. The maximum atomic E-state index is 5.83. The molecule has 3 nitrogen and oxygen atoms in total. The monoisotopic (exact) mass is 412 g/mol. The third-order valence-electron chi connectivity index (χ3n) is 3.53. The summed E-state index contributed by atoms with van der Waals surface area (Å²) in [6.45, 7) is 4.10. The van der Waals surface area contributed by atoms with Crippen molar-refractivity contribution in [1.82, 2.24) is 5.43 Å². The lowest BCUT2D eigenvalue weighted by molar-refractivity contribution is 0.411. The molecule has 0 bridgehead atoms. The topological polar surface area (TPSA) is 47.3 Å². The van der Waals surface area contributed by atoms with Crippen molar-refractivity contribution in [3.8, 4) is 5.75 Å². The van der Waals surface area contributed by atoms with Gasteiger partial charge in [0.15, 0.2) is 0 Å². The summed E-state index contributed by atoms with van der Waals surface area (Å²) in [4.78, 5) is 0. The van der Waals surface area contributed by atoms with Crippen molar-refractivity contribution in [2.45, 2.75) is 19.9 Å². The van der Waals surface area contributed by atoms with Gasteiger partial charge < -0.3 is 4.74 Å². The Morgan fingerprint density at radius 2 is 1.76 bits per heavy atom. The average molecular weight is 414 g/mol. The van der Waals surface area contributed by atoms with Crippen LogP contribution in [0.4, 0.5) is 0 Å². The van der Waals surface area contributed by atoms with Gasteiger partial charge in [0.2, 0.25) is 0 Å². The number of halogens is 2. The van der Waals surface area contributed by atoms with E-state index in [4.69, 9.17) is 10.6 Å². The van der Waals surface area contributed by atoms with Gasteiger partial charge in [0.1, 0.15) is 5.75 Å². The number of rotatable bonds is 4. The number of nitrogens with two attached hydrogens (primary N) is 1. The highest BCUT2D eigenvalue weighted by molar-refractivity contribution is 9.11. The first kappa shape index (κ1) is 16.5. The van der Waals surface area contributed by atoms with E-state index in [1.165, 1.54) is 0 Å². The van der Waals surface area contributed by atoms with Crippen LogP contribution in [-0.2, 0) is 0 Å². The molecule has 5 heteroatoms. The predicted molar refractivity (Wildman–Crippen MR) is 93.5 cm³/mol. The van der Waals surface area contributed by atoms with E-state index in [0.29, 0.717) is 0 Å². The van der Waals surface area contributed by atoms with Crippen molar-refractivity contribution in [3.05, 3.63) is 61.5 Å². The number of aryl methyl sites for hydroxylation is 2. The van der Waals surface area contributed by atoms with Gasteiger partial charge in [-0.25, -0.2) is 5.43 Å². The van der Waals surface area contributed by atoms with Crippen molar-refractivity contribution >= 4 is 31.9 Å². The fourth-order valence-electron chi connectivity index (χ4n) is 2.43. The molecule has 0 saturated heterocycles. The molecule has 0 spiro atoms. The maximum Gasteiger partial charge on any atom is 0.122 e. The van der Waals surface area contributed by atoms with Gasteiger partial charge in [-0.15, -0.1) is 0 Å². The maximum absolute atomic E-state index is 5.83. The molecule has 21 heavy (non-hydrogen) atoms. The fourth-order valence-corrected chi connectivity index (χ4v) is 3.28. The zero-order valence-electron chi connectivity index (χ0n) is 12.2. The smallest absolute Gasteiger partial charge is 0.122 e. The summed E-state index contributed by atoms with van der Waals surface area (Å²) < 4.78 is 7.41. The number of nitrogens with one attached hydrogen (secondary N) is 1. The molecule has 0 heterocycles. The van der Waals surface area contributed by atoms with E-state index in [1.54, 1.807) is 7.11 Å². The number of methoxy groups -OCH3 is 1. The van der Waals surface area contributed by atoms with Crippen molar-refractivity contribution in [3.63, 3.8) is 0 Å². The summed E-state index contributed by atoms with van der Waals surface area (Å²) >= 11 is 7.11. The van der Waals surface area contributed by atoms with Gasteiger partial charge in [0.25, 0.3) is 0 Å². The highest BCUT2D eigenvalue weighted by Gasteiger charge is 2.19. The number of hydrogen-bond donors (Lipinski definition) is 2. The minimum absolute atomic E-state index is 0.0959. The summed E-state index contributed by atoms with van der Waals surface area (Å²) in [7, 11) is 1.69. The van der Waals surface area contributed by atoms with E-state index < -0.39 is 0 Å². The molecule has 1 unspecified atom stereocenters. The van der Waals surface area contributed by atoms with Crippen LogP contribution in [0.2, 0.25) is 0 Å². The van der Waals surface area contributed by atoms with E-state index in [2.05, 4.69) is 56.3 Å². The highest BCUT2D eigenvalue weighted by atomic mass is 79.9. The summed E-state index contributed by atoms with van der Waals surface area (Å²) in [5.41, 5.74) is 7.35. The summed E-state index contributed by atoms with van der Waals surface area (Å²) in [5.74, 6) is 6.72. The molecule has 0 aliphatic heterocycles. The van der Waals surface area contributed by atoms with Crippen LogP contribution in [0.15, 0.2) is 39.3 Å². The predicted octanol–water partition coefficient (Wildman–Crippen LogP) is 4.39. The molecule has 0 aromatic heterocycles.